The van der Waals surface area contributed by atoms with E-state index in [4.69, 9.17) is 14.2 Å². The summed E-state index contributed by atoms with van der Waals surface area (Å²) in [5, 5.41) is 11.4. The molecule has 0 aliphatic carbocycles. The first kappa shape index (κ1) is 19.2. The van der Waals surface area contributed by atoms with Gasteiger partial charge in [0.1, 0.15) is 10.6 Å². The monoisotopic (exact) mass is 391 g/mol. The summed E-state index contributed by atoms with van der Waals surface area (Å²) < 4.78 is 16.1. The van der Waals surface area contributed by atoms with Gasteiger partial charge in [0, 0.05) is 5.56 Å². The van der Waals surface area contributed by atoms with Crippen molar-refractivity contribution in [2.75, 3.05) is 14.2 Å². The van der Waals surface area contributed by atoms with Gasteiger partial charge in [0.05, 0.1) is 25.9 Å². The van der Waals surface area contributed by atoms with Crippen molar-refractivity contribution >= 4 is 29.0 Å². The maximum absolute atomic E-state index is 12.2. The number of methoxy groups -OCH3 is 2. The minimum atomic E-state index is -0.441. The molecule has 0 saturated carbocycles. The SMILES string of the molecule is COc1cc(/C=C(/C#N)c2ccccc2OC)ccc1OC(=O)c1cccs1. The van der Waals surface area contributed by atoms with E-state index in [1.165, 1.54) is 18.4 Å². The number of hydrogen-bond donors (Lipinski definition) is 0. The Bertz CT molecular complexity index is 1050. The molecular weight excluding hydrogens is 374 g/mol. The molecule has 0 radical (unpaired) electrons. The third-order valence-electron chi connectivity index (χ3n) is 3.94. The van der Waals surface area contributed by atoms with E-state index < -0.39 is 5.97 Å². The molecular formula is C22H17NO4S. The maximum Gasteiger partial charge on any atom is 0.353 e. The van der Waals surface area contributed by atoms with Gasteiger partial charge in [0.25, 0.3) is 0 Å². The quantitative estimate of drug-likeness (QED) is 0.255. The van der Waals surface area contributed by atoms with Crippen LogP contribution >= 0.6 is 11.3 Å². The molecule has 0 atom stereocenters. The third kappa shape index (κ3) is 4.22. The van der Waals surface area contributed by atoms with Crippen molar-refractivity contribution in [3.8, 4) is 23.3 Å². The lowest BCUT2D eigenvalue weighted by molar-refractivity contribution is 0.0735. The highest BCUT2D eigenvalue weighted by Crippen LogP contribution is 2.32. The molecule has 3 rings (SSSR count). The van der Waals surface area contributed by atoms with Crippen LogP contribution in [0.15, 0.2) is 60.0 Å². The number of ether oxygens (including phenoxy) is 3. The molecule has 0 aliphatic heterocycles. The van der Waals surface area contributed by atoms with Crippen molar-refractivity contribution in [2.45, 2.75) is 0 Å². The van der Waals surface area contributed by atoms with Crippen molar-refractivity contribution in [3.63, 3.8) is 0 Å². The number of carbonyl (C=O) groups is 1. The van der Waals surface area contributed by atoms with Gasteiger partial charge in [-0.25, -0.2) is 4.79 Å². The summed E-state index contributed by atoms with van der Waals surface area (Å²) in [4.78, 5) is 12.7. The number of hydrogen-bond acceptors (Lipinski definition) is 6. The minimum Gasteiger partial charge on any atom is -0.496 e. The van der Waals surface area contributed by atoms with Crippen LogP contribution in [0.3, 0.4) is 0 Å². The van der Waals surface area contributed by atoms with E-state index in [1.807, 2.05) is 23.6 Å². The minimum absolute atomic E-state index is 0.314. The number of esters is 1. The molecule has 28 heavy (non-hydrogen) atoms. The number of rotatable bonds is 6. The molecule has 0 N–H and O–H groups in total. The Morgan fingerprint density at radius 1 is 1.00 bits per heavy atom. The number of thiophene rings is 1. The number of carbonyl (C=O) groups excluding carboxylic acids is 1. The molecule has 5 nitrogen and oxygen atoms in total. The molecule has 0 fully saturated rings. The molecule has 0 aliphatic rings. The van der Waals surface area contributed by atoms with Crippen LogP contribution in [0.2, 0.25) is 0 Å². The summed E-state index contributed by atoms with van der Waals surface area (Å²) in [5.41, 5.74) is 1.87. The number of para-hydroxylation sites is 1. The van der Waals surface area contributed by atoms with Crippen molar-refractivity contribution < 1.29 is 19.0 Å². The predicted octanol–water partition coefficient (Wildman–Crippen LogP) is 5.05. The summed E-state index contributed by atoms with van der Waals surface area (Å²) in [5.74, 6) is 0.886. The van der Waals surface area contributed by atoms with Crippen molar-refractivity contribution in [1.29, 1.82) is 5.26 Å². The molecule has 6 heteroatoms. The number of benzene rings is 2. The van der Waals surface area contributed by atoms with E-state index in [0.717, 1.165) is 5.56 Å². The highest BCUT2D eigenvalue weighted by atomic mass is 32.1. The zero-order valence-electron chi connectivity index (χ0n) is 15.3. The summed E-state index contributed by atoms with van der Waals surface area (Å²) in [6.07, 6.45) is 1.73. The van der Waals surface area contributed by atoms with Gasteiger partial charge in [-0.3, -0.25) is 0 Å². The Kier molecular flexibility index (Phi) is 6.10. The molecule has 2 aromatic carbocycles. The van der Waals surface area contributed by atoms with Crippen LogP contribution in [0.4, 0.5) is 0 Å². The topological polar surface area (TPSA) is 68.6 Å². The van der Waals surface area contributed by atoms with E-state index >= 15 is 0 Å². The van der Waals surface area contributed by atoms with Crippen LogP contribution in [-0.2, 0) is 0 Å². The second-order valence-electron chi connectivity index (χ2n) is 5.65. The third-order valence-corrected chi connectivity index (χ3v) is 4.79. The molecule has 0 unspecified atom stereocenters. The first-order chi connectivity index (χ1) is 13.7. The molecule has 3 aromatic rings. The average Bonchev–Trinajstić information content (AvgIpc) is 3.28. The zero-order chi connectivity index (χ0) is 19.9. The normalized spacial score (nSPS) is 10.8. The molecule has 0 spiro atoms. The Morgan fingerprint density at radius 3 is 2.46 bits per heavy atom. The summed E-state index contributed by atoms with van der Waals surface area (Å²) >= 11 is 1.31. The van der Waals surface area contributed by atoms with E-state index in [-0.39, 0.29) is 0 Å². The fourth-order valence-corrected chi connectivity index (χ4v) is 3.21. The lowest BCUT2D eigenvalue weighted by atomic mass is 10.0. The molecule has 1 aromatic heterocycles. The molecule has 0 bridgehead atoms. The van der Waals surface area contributed by atoms with E-state index in [9.17, 15) is 10.1 Å². The second-order valence-corrected chi connectivity index (χ2v) is 6.59. The van der Waals surface area contributed by atoms with Crippen molar-refractivity contribution in [2.24, 2.45) is 0 Å². The lowest BCUT2D eigenvalue weighted by Gasteiger charge is -2.10. The van der Waals surface area contributed by atoms with Gasteiger partial charge in [0.15, 0.2) is 11.5 Å². The zero-order valence-corrected chi connectivity index (χ0v) is 16.2. The van der Waals surface area contributed by atoms with Gasteiger partial charge in [-0.15, -0.1) is 11.3 Å². The second kappa shape index (κ2) is 8.89. The molecule has 0 saturated heterocycles. The summed E-state index contributed by atoms with van der Waals surface area (Å²) in [6, 6.07) is 18.1. The van der Waals surface area contributed by atoms with Crippen molar-refractivity contribution in [3.05, 3.63) is 76.0 Å². The average molecular weight is 391 g/mol. The fraction of sp³-hybridized carbons (Fsp3) is 0.0909. The lowest BCUT2D eigenvalue weighted by Crippen LogP contribution is -2.07. The van der Waals surface area contributed by atoms with Gasteiger partial charge in [0.2, 0.25) is 0 Å². The van der Waals surface area contributed by atoms with E-state index in [0.29, 0.717) is 33.3 Å². The van der Waals surface area contributed by atoms with Crippen LogP contribution in [-0.4, -0.2) is 20.2 Å². The van der Waals surface area contributed by atoms with Crippen LogP contribution in [0.25, 0.3) is 11.6 Å². The standard InChI is InChI=1S/C22H17NO4S/c1-25-18-7-4-3-6-17(18)16(14-23)12-15-9-10-19(20(13-15)26-2)27-22(24)21-8-5-11-28-21/h3-13H,1-2H3/b16-12-. The highest BCUT2D eigenvalue weighted by molar-refractivity contribution is 7.12. The van der Waals surface area contributed by atoms with Crippen LogP contribution in [0.5, 0.6) is 17.2 Å². The molecule has 0 amide bonds. The summed E-state index contributed by atoms with van der Waals surface area (Å²) in [7, 11) is 3.06. The number of nitrogens with zero attached hydrogens (tertiary/aromatic N) is 1. The van der Waals surface area contributed by atoms with Crippen LogP contribution < -0.4 is 14.2 Å². The van der Waals surface area contributed by atoms with Gasteiger partial charge in [-0.1, -0.05) is 24.3 Å². The van der Waals surface area contributed by atoms with Gasteiger partial charge in [-0.05, 0) is 47.4 Å². The summed E-state index contributed by atoms with van der Waals surface area (Å²) in [6.45, 7) is 0. The van der Waals surface area contributed by atoms with Crippen LogP contribution in [0.1, 0.15) is 20.8 Å². The first-order valence-corrected chi connectivity index (χ1v) is 9.23. The molecule has 140 valence electrons. The smallest absolute Gasteiger partial charge is 0.353 e. The Labute approximate surface area is 167 Å². The Balaban J connectivity index is 1.91. The van der Waals surface area contributed by atoms with Gasteiger partial charge >= 0.3 is 5.97 Å². The fourth-order valence-electron chi connectivity index (χ4n) is 2.61. The first-order valence-electron chi connectivity index (χ1n) is 8.35. The Hall–Kier alpha value is -3.56. The number of nitriles is 1. The predicted molar refractivity (Wildman–Crippen MR) is 109 cm³/mol. The van der Waals surface area contributed by atoms with Gasteiger partial charge < -0.3 is 14.2 Å². The van der Waals surface area contributed by atoms with E-state index in [1.54, 1.807) is 49.6 Å². The van der Waals surface area contributed by atoms with Crippen LogP contribution in [0, 0.1) is 11.3 Å². The van der Waals surface area contributed by atoms with Gasteiger partial charge in [-0.2, -0.15) is 5.26 Å². The van der Waals surface area contributed by atoms with Crippen molar-refractivity contribution in [1.82, 2.24) is 0 Å². The maximum atomic E-state index is 12.2. The largest absolute Gasteiger partial charge is 0.496 e. The molecule has 1 heterocycles. The number of allylic oxidation sites excluding steroid dienone is 1. The highest BCUT2D eigenvalue weighted by Gasteiger charge is 2.14. The van der Waals surface area contributed by atoms with E-state index in [2.05, 4.69) is 6.07 Å². The Morgan fingerprint density at radius 2 is 1.79 bits per heavy atom.